The lowest BCUT2D eigenvalue weighted by Crippen LogP contribution is -2.50. The Bertz CT molecular complexity index is 1410. The van der Waals surface area contributed by atoms with E-state index < -0.39 is 46.9 Å². The van der Waals surface area contributed by atoms with Gasteiger partial charge in [-0.25, -0.2) is 17.6 Å². The van der Waals surface area contributed by atoms with Crippen LogP contribution in [0.15, 0.2) is 71.6 Å². The summed E-state index contributed by atoms with van der Waals surface area (Å²) in [5.41, 5.74) is 1.14. The molecule has 11 heteroatoms. The molecule has 0 saturated heterocycles. The number of anilines is 1. The predicted molar refractivity (Wildman–Crippen MR) is 135 cm³/mol. The first kappa shape index (κ1) is 26.6. The second-order valence-corrected chi connectivity index (χ2v) is 10.7. The van der Waals surface area contributed by atoms with E-state index in [1.165, 1.54) is 42.3 Å². The number of halogens is 2. The molecule has 8 nitrogen and oxygen atoms in total. The molecule has 3 aromatic rings. The smallest absolute Gasteiger partial charge is 0.348 e. The van der Waals surface area contributed by atoms with Crippen LogP contribution in [0.25, 0.3) is 0 Å². The number of hydrogen-bond acceptors (Lipinski definition) is 6. The first-order chi connectivity index (χ1) is 17.6. The zero-order valence-electron chi connectivity index (χ0n) is 20.1. The number of para-hydroxylation sites is 2. The van der Waals surface area contributed by atoms with Crippen molar-refractivity contribution in [3.05, 3.63) is 88.7 Å². The highest BCUT2D eigenvalue weighted by Crippen LogP contribution is 2.34. The Morgan fingerprint density at radius 2 is 1.81 bits per heavy atom. The Morgan fingerprint density at radius 1 is 1.11 bits per heavy atom. The number of fused-ring (bicyclic) bond motifs is 1. The first-order valence-corrected chi connectivity index (χ1v) is 13.1. The monoisotopic (exact) mass is 546 g/mol. The molecule has 1 aliphatic rings. The van der Waals surface area contributed by atoms with Crippen molar-refractivity contribution >= 4 is 39.2 Å². The largest absolute Gasteiger partial charge is 0.475 e. The van der Waals surface area contributed by atoms with Gasteiger partial charge in [0, 0.05) is 17.1 Å². The lowest BCUT2D eigenvalue weighted by Gasteiger charge is -2.34. The van der Waals surface area contributed by atoms with Gasteiger partial charge in [0.15, 0.2) is 0 Å². The summed E-state index contributed by atoms with van der Waals surface area (Å²) in [6.07, 6.45) is -1.10. The molecule has 0 bridgehead atoms. The van der Waals surface area contributed by atoms with Gasteiger partial charge >= 0.3 is 5.97 Å². The van der Waals surface area contributed by atoms with Gasteiger partial charge in [0.2, 0.25) is 22.0 Å². The molecule has 1 aliphatic heterocycles. The third kappa shape index (κ3) is 5.61. The van der Waals surface area contributed by atoms with Crippen molar-refractivity contribution in [2.24, 2.45) is 0 Å². The average molecular weight is 547 g/mol. The summed E-state index contributed by atoms with van der Waals surface area (Å²) < 4.78 is 53.3. The first-order valence-electron chi connectivity index (χ1n) is 11.3. The minimum Gasteiger partial charge on any atom is -0.475 e. The number of aryl methyl sites for hydroxylation is 1. The van der Waals surface area contributed by atoms with Crippen LogP contribution in [0, 0.1) is 12.7 Å². The molecule has 1 atom stereocenters. The Kier molecular flexibility index (Phi) is 7.82. The highest BCUT2D eigenvalue weighted by Gasteiger charge is 2.37. The fourth-order valence-corrected chi connectivity index (χ4v) is 5.49. The van der Waals surface area contributed by atoms with Crippen molar-refractivity contribution in [2.45, 2.75) is 24.5 Å². The van der Waals surface area contributed by atoms with Crippen LogP contribution < -0.4 is 9.64 Å². The number of ether oxygens (including phenoxy) is 2. The number of carbonyl (C=O) groups is 2. The number of sulfonamides is 1. The van der Waals surface area contributed by atoms with Crippen molar-refractivity contribution in [1.29, 1.82) is 0 Å². The number of hydrogen-bond donors (Lipinski definition) is 0. The summed E-state index contributed by atoms with van der Waals surface area (Å²) >= 11 is 6.19. The van der Waals surface area contributed by atoms with Gasteiger partial charge in [0.05, 0.1) is 30.8 Å². The van der Waals surface area contributed by atoms with E-state index in [1.54, 1.807) is 36.4 Å². The number of methoxy groups -OCH3 is 1. The molecule has 0 N–H and O–H groups in total. The fourth-order valence-electron chi connectivity index (χ4n) is 3.91. The molecule has 3 aromatic carbocycles. The normalized spacial score (nSPS) is 15.2. The fraction of sp³-hybridized carbons (Fsp3) is 0.231. The number of benzene rings is 3. The zero-order chi connectivity index (χ0) is 26.7. The maximum atomic E-state index is 14.7. The van der Waals surface area contributed by atoms with Crippen molar-refractivity contribution < 1.29 is 31.9 Å². The van der Waals surface area contributed by atoms with Gasteiger partial charge in [-0.05, 0) is 43.3 Å². The molecule has 194 valence electrons. The second kappa shape index (κ2) is 10.9. The van der Waals surface area contributed by atoms with Gasteiger partial charge in [-0.15, -0.1) is 0 Å². The Hall–Kier alpha value is -3.47. The van der Waals surface area contributed by atoms with E-state index in [9.17, 15) is 22.4 Å². The van der Waals surface area contributed by atoms with Gasteiger partial charge in [0.1, 0.15) is 11.6 Å². The lowest BCUT2D eigenvalue weighted by molar-refractivity contribution is -0.148. The van der Waals surface area contributed by atoms with Crippen molar-refractivity contribution in [2.75, 3.05) is 25.1 Å². The Labute approximate surface area is 219 Å². The van der Waals surface area contributed by atoms with Crippen LogP contribution >= 0.6 is 11.6 Å². The van der Waals surface area contributed by atoms with E-state index in [4.69, 9.17) is 21.1 Å². The molecular weight excluding hydrogens is 523 g/mol. The SMILES string of the molecule is COC(=O)C1CN(C(=O)CN(Cc2c(F)cccc2Cl)S(=O)(=O)c2ccc(C)cc2)c2ccccc2O1. The number of rotatable bonds is 7. The Morgan fingerprint density at radius 3 is 2.49 bits per heavy atom. The summed E-state index contributed by atoms with van der Waals surface area (Å²) in [4.78, 5) is 27.0. The molecule has 1 heterocycles. The maximum Gasteiger partial charge on any atom is 0.348 e. The highest BCUT2D eigenvalue weighted by atomic mass is 35.5. The predicted octanol–water partition coefficient (Wildman–Crippen LogP) is 3.95. The minimum absolute atomic E-state index is 0.0269. The van der Waals surface area contributed by atoms with E-state index in [0.29, 0.717) is 5.69 Å². The van der Waals surface area contributed by atoms with Crippen molar-refractivity contribution in [3.8, 4) is 5.75 Å². The third-order valence-corrected chi connectivity index (χ3v) is 8.07. The summed E-state index contributed by atoms with van der Waals surface area (Å²) in [5.74, 6) is -1.77. The second-order valence-electron chi connectivity index (χ2n) is 8.39. The van der Waals surface area contributed by atoms with Gasteiger partial charge < -0.3 is 14.4 Å². The summed E-state index contributed by atoms with van der Waals surface area (Å²) in [7, 11) is -3.06. The van der Waals surface area contributed by atoms with Crippen LogP contribution in [0.4, 0.5) is 10.1 Å². The molecule has 0 fully saturated rings. The lowest BCUT2D eigenvalue weighted by atomic mass is 10.1. The van der Waals surface area contributed by atoms with Crippen LogP contribution in [-0.4, -0.2) is 50.9 Å². The number of esters is 1. The Balaban J connectivity index is 1.72. The van der Waals surface area contributed by atoms with Gasteiger partial charge in [-0.3, -0.25) is 4.79 Å². The number of amides is 1. The summed E-state index contributed by atoms with van der Waals surface area (Å²) in [6.45, 7) is 0.481. The van der Waals surface area contributed by atoms with E-state index in [1.807, 2.05) is 6.92 Å². The summed E-state index contributed by atoms with van der Waals surface area (Å²) in [5, 5.41) is 0.0269. The minimum atomic E-state index is -4.26. The molecule has 4 rings (SSSR count). The van der Waals surface area contributed by atoms with Crippen molar-refractivity contribution in [1.82, 2.24) is 4.31 Å². The zero-order valence-corrected chi connectivity index (χ0v) is 21.6. The number of nitrogens with zero attached hydrogens (tertiary/aromatic N) is 2. The maximum absolute atomic E-state index is 14.7. The number of carbonyl (C=O) groups excluding carboxylic acids is 2. The third-order valence-electron chi connectivity index (χ3n) is 5.91. The van der Waals surface area contributed by atoms with Gasteiger partial charge in [-0.1, -0.05) is 47.5 Å². The van der Waals surface area contributed by atoms with Gasteiger partial charge in [-0.2, -0.15) is 4.31 Å². The quantitative estimate of drug-likeness (QED) is 0.417. The standard InChI is InChI=1S/C26H24ClFN2O6S/c1-17-10-12-18(13-11-17)37(33,34)29(14-19-20(27)6-5-7-21(19)28)16-25(31)30-15-24(26(32)35-2)36-23-9-4-3-8-22(23)30/h3-13,24H,14-16H2,1-2H3. The summed E-state index contributed by atoms with van der Waals surface area (Å²) in [6, 6.07) is 16.7. The molecule has 37 heavy (non-hydrogen) atoms. The molecular formula is C26H24ClFN2O6S. The molecule has 1 amide bonds. The van der Waals surface area contributed by atoms with Crippen LogP contribution in [0.5, 0.6) is 5.75 Å². The molecule has 0 spiro atoms. The molecule has 0 aliphatic carbocycles. The highest BCUT2D eigenvalue weighted by molar-refractivity contribution is 7.89. The van der Waals surface area contributed by atoms with Crippen LogP contribution in [0.3, 0.4) is 0 Å². The average Bonchev–Trinajstić information content (AvgIpc) is 2.89. The molecule has 1 unspecified atom stereocenters. The van der Waals surface area contributed by atoms with Crippen molar-refractivity contribution in [3.63, 3.8) is 0 Å². The van der Waals surface area contributed by atoms with Crippen LogP contribution in [-0.2, 0) is 30.9 Å². The van der Waals surface area contributed by atoms with E-state index >= 15 is 0 Å². The van der Waals surface area contributed by atoms with Crippen LogP contribution in [0.2, 0.25) is 5.02 Å². The van der Waals surface area contributed by atoms with Gasteiger partial charge in [0.25, 0.3) is 0 Å². The van der Waals surface area contributed by atoms with E-state index in [2.05, 4.69) is 0 Å². The van der Waals surface area contributed by atoms with Crippen LogP contribution in [0.1, 0.15) is 11.1 Å². The molecule has 0 radical (unpaired) electrons. The topological polar surface area (TPSA) is 93.2 Å². The van der Waals surface area contributed by atoms with E-state index in [0.717, 1.165) is 9.87 Å². The van der Waals surface area contributed by atoms with E-state index in [-0.39, 0.29) is 27.8 Å². The molecule has 0 aromatic heterocycles. The molecule has 0 saturated carbocycles.